The first-order chi connectivity index (χ1) is 8.56. The van der Waals surface area contributed by atoms with Crippen molar-refractivity contribution in [1.29, 1.82) is 0 Å². The van der Waals surface area contributed by atoms with E-state index in [0.717, 1.165) is 30.5 Å². The standard InChI is InChI=1S/C15H23ClN2/c1-11-5-7-18(8-6-11)15-10-14(16)4-3-13(15)9-12(2)17/h3-4,10-12H,5-9,17H2,1-2H3. The fraction of sp³-hybridized carbons (Fsp3) is 0.600. The Hall–Kier alpha value is -0.730. The first-order valence-electron chi connectivity index (χ1n) is 6.85. The van der Waals surface area contributed by atoms with E-state index in [1.807, 2.05) is 6.07 Å². The van der Waals surface area contributed by atoms with Crippen LogP contribution in [0.3, 0.4) is 0 Å². The van der Waals surface area contributed by atoms with Crippen molar-refractivity contribution in [3.8, 4) is 0 Å². The quantitative estimate of drug-likeness (QED) is 0.908. The number of hydrogen-bond donors (Lipinski definition) is 1. The van der Waals surface area contributed by atoms with E-state index in [-0.39, 0.29) is 6.04 Å². The zero-order valence-corrected chi connectivity index (χ0v) is 12.1. The highest BCUT2D eigenvalue weighted by atomic mass is 35.5. The second kappa shape index (κ2) is 5.94. The molecule has 0 amide bonds. The van der Waals surface area contributed by atoms with Gasteiger partial charge >= 0.3 is 0 Å². The van der Waals surface area contributed by atoms with Crippen LogP contribution in [0.2, 0.25) is 5.02 Å². The van der Waals surface area contributed by atoms with E-state index in [9.17, 15) is 0 Å². The van der Waals surface area contributed by atoms with Crippen molar-refractivity contribution in [3.63, 3.8) is 0 Å². The molecule has 1 aliphatic heterocycles. The SMILES string of the molecule is CC(N)Cc1ccc(Cl)cc1N1CCC(C)CC1. The molecular formula is C15H23ClN2. The molecule has 1 atom stereocenters. The van der Waals surface area contributed by atoms with E-state index in [1.54, 1.807) is 0 Å². The van der Waals surface area contributed by atoms with Gasteiger partial charge in [-0.05, 0) is 49.8 Å². The average Bonchev–Trinajstić information content (AvgIpc) is 2.32. The number of nitrogens with zero attached hydrogens (tertiary/aromatic N) is 1. The molecule has 1 fully saturated rings. The Labute approximate surface area is 115 Å². The number of nitrogens with two attached hydrogens (primary N) is 1. The van der Waals surface area contributed by atoms with Gasteiger partial charge in [0.25, 0.3) is 0 Å². The third-order valence-electron chi connectivity index (χ3n) is 3.71. The Balaban J connectivity index is 2.21. The molecule has 0 radical (unpaired) electrons. The third kappa shape index (κ3) is 3.39. The molecule has 0 bridgehead atoms. The predicted octanol–water partition coefficient (Wildman–Crippen LogP) is 3.47. The number of hydrogen-bond acceptors (Lipinski definition) is 2. The lowest BCUT2D eigenvalue weighted by atomic mass is 9.97. The second-order valence-corrected chi connectivity index (χ2v) is 6.06. The smallest absolute Gasteiger partial charge is 0.0426 e. The lowest BCUT2D eigenvalue weighted by Gasteiger charge is -2.34. The van der Waals surface area contributed by atoms with Crippen LogP contribution < -0.4 is 10.6 Å². The van der Waals surface area contributed by atoms with Crippen molar-refractivity contribution in [3.05, 3.63) is 28.8 Å². The number of piperidine rings is 1. The summed E-state index contributed by atoms with van der Waals surface area (Å²) in [6.45, 7) is 6.65. The Bertz CT molecular complexity index is 395. The molecule has 1 heterocycles. The topological polar surface area (TPSA) is 29.3 Å². The van der Waals surface area contributed by atoms with Crippen LogP contribution >= 0.6 is 11.6 Å². The molecule has 0 spiro atoms. The van der Waals surface area contributed by atoms with Gasteiger partial charge in [0, 0.05) is 29.8 Å². The van der Waals surface area contributed by atoms with E-state index < -0.39 is 0 Å². The van der Waals surface area contributed by atoms with Gasteiger partial charge in [-0.15, -0.1) is 0 Å². The van der Waals surface area contributed by atoms with Crippen LogP contribution in [-0.2, 0) is 6.42 Å². The number of rotatable bonds is 3. The van der Waals surface area contributed by atoms with Crippen LogP contribution in [0.15, 0.2) is 18.2 Å². The van der Waals surface area contributed by atoms with Crippen molar-refractivity contribution in [2.75, 3.05) is 18.0 Å². The zero-order valence-electron chi connectivity index (χ0n) is 11.3. The molecule has 3 heteroatoms. The molecule has 1 aromatic rings. The monoisotopic (exact) mass is 266 g/mol. The van der Waals surface area contributed by atoms with E-state index in [2.05, 4.69) is 30.9 Å². The highest BCUT2D eigenvalue weighted by molar-refractivity contribution is 6.30. The Morgan fingerprint density at radius 2 is 2.06 bits per heavy atom. The lowest BCUT2D eigenvalue weighted by Crippen LogP contribution is -2.34. The maximum atomic E-state index is 6.14. The molecule has 2 N–H and O–H groups in total. The highest BCUT2D eigenvalue weighted by Crippen LogP contribution is 2.29. The van der Waals surface area contributed by atoms with Gasteiger partial charge in [-0.25, -0.2) is 0 Å². The Kier molecular flexibility index (Phi) is 4.52. The predicted molar refractivity (Wildman–Crippen MR) is 79.4 cm³/mol. The maximum Gasteiger partial charge on any atom is 0.0426 e. The molecular weight excluding hydrogens is 244 g/mol. The maximum absolute atomic E-state index is 6.14. The summed E-state index contributed by atoms with van der Waals surface area (Å²) in [4.78, 5) is 2.46. The normalized spacial score (nSPS) is 19.0. The minimum atomic E-state index is 0.189. The molecule has 18 heavy (non-hydrogen) atoms. The van der Waals surface area contributed by atoms with E-state index in [0.29, 0.717) is 0 Å². The molecule has 1 aliphatic rings. The third-order valence-corrected chi connectivity index (χ3v) is 3.95. The van der Waals surface area contributed by atoms with Gasteiger partial charge < -0.3 is 10.6 Å². The van der Waals surface area contributed by atoms with Gasteiger partial charge in [0.1, 0.15) is 0 Å². The van der Waals surface area contributed by atoms with Crippen LogP contribution in [0.25, 0.3) is 0 Å². The first kappa shape index (κ1) is 13.7. The molecule has 1 unspecified atom stereocenters. The molecule has 1 saturated heterocycles. The van der Waals surface area contributed by atoms with E-state index >= 15 is 0 Å². The minimum Gasteiger partial charge on any atom is -0.371 e. The first-order valence-corrected chi connectivity index (χ1v) is 7.23. The summed E-state index contributed by atoms with van der Waals surface area (Å²) in [6.07, 6.45) is 3.45. The van der Waals surface area contributed by atoms with Gasteiger partial charge in [0.2, 0.25) is 0 Å². The summed E-state index contributed by atoms with van der Waals surface area (Å²) in [5.74, 6) is 0.845. The van der Waals surface area contributed by atoms with Gasteiger partial charge in [0.15, 0.2) is 0 Å². The highest BCUT2D eigenvalue weighted by Gasteiger charge is 2.18. The minimum absolute atomic E-state index is 0.189. The van der Waals surface area contributed by atoms with Crippen molar-refractivity contribution in [2.24, 2.45) is 11.7 Å². The van der Waals surface area contributed by atoms with E-state index in [4.69, 9.17) is 17.3 Å². The number of benzene rings is 1. The van der Waals surface area contributed by atoms with Crippen molar-refractivity contribution >= 4 is 17.3 Å². The zero-order chi connectivity index (χ0) is 13.1. The summed E-state index contributed by atoms with van der Waals surface area (Å²) >= 11 is 6.14. The van der Waals surface area contributed by atoms with Crippen molar-refractivity contribution in [2.45, 2.75) is 39.2 Å². The number of anilines is 1. The number of halogens is 1. The van der Waals surface area contributed by atoms with Crippen LogP contribution in [-0.4, -0.2) is 19.1 Å². The van der Waals surface area contributed by atoms with Gasteiger partial charge in [-0.1, -0.05) is 24.6 Å². The van der Waals surface area contributed by atoms with Gasteiger partial charge in [-0.2, -0.15) is 0 Å². The molecule has 100 valence electrons. The van der Waals surface area contributed by atoms with Crippen molar-refractivity contribution in [1.82, 2.24) is 0 Å². The molecule has 0 aromatic heterocycles. The molecule has 0 saturated carbocycles. The fourth-order valence-corrected chi connectivity index (χ4v) is 2.77. The second-order valence-electron chi connectivity index (χ2n) is 5.62. The molecule has 1 aromatic carbocycles. The lowest BCUT2D eigenvalue weighted by molar-refractivity contribution is 0.438. The fourth-order valence-electron chi connectivity index (χ4n) is 2.60. The molecule has 2 rings (SSSR count). The summed E-state index contributed by atoms with van der Waals surface area (Å²) in [5, 5.41) is 0.817. The van der Waals surface area contributed by atoms with Crippen LogP contribution in [0, 0.1) is 5.92 Å². The van der Waals surface area contributed by atoms with Crippen molar-refractivity contribution < 1.29 is 0 Å². The van der Waals surface area contributed by atoms with E-state index in [1.165, 1.54) is 24.1 Å². The summed E-state index contributed by atoms with van der Waals surface area (Å²) in [7, 11) is 0. The Morgan fingerprint density at radius 3 is 2.67 bits per heavy atom. The molecule has 2 nitrogen and oxygen atoms in total. The van der Waals surface area contributed by atoms with Crippen LogP contribution in [0.4, 0.5) is 5.69 Å². The summed E-state index contributed by atoms with van der Waals surface area (Å²) < 4.78 is 0. The molecule has 0 aliphatic carbocycles. The largest absolute Gasteiger partial charge is 0.371 e. The Morgan fingerprint density at radius 1 is 1.39 bits per heavy atom. The summed E-state index contributed by atoms with van der Waals surface area (Å²) in [6, 6.07) is 6.37. The van der Waals surface area contributed by atoms with Gasteiger partial charge in [-0.3, -0.25) is 0 Å². The van der Waals surface area contributed by atoms with Crippen LogP contribution in [0.5, 0.6) is 0 Å². The van der Waals surface area contributed by atoms with Crippen LogP contribution in [0.1, 0.15) is 32.3 Å². The summed E-state index contributed by atoms with van der Waals surface area (Å²) in [5.41, 5.74) is 8.54. The average molecular weight is 267 g/mol. The van der Waals surface area contributed by atoms with Gasteiger partial charge in [0.05, 0.1) is 0 Å².